The van der Waals surface area contributed by atoms with Crippen LogP contribution in [-0.2, 0) is 4.74 Å². The fourth-order valence-corrected chi connectivity index (χ4v) is 2.38. The molecular formula is C15H15NO2. The van der Waals surface area contributed by atoms with E-state index in [1.54, 1.807) is 0 Å². The number of ketones is 1. The summed E-state index contributed by atoms with van der Waals surface area (Å²) in [5.41, 5.74) is 5.93. The number of hydrogen-bond acceptors (Lipinski definition) is 3. The van der Waals surface area contributed by atoms with E-state index in [4.69, 9.17) is 10.5 Å². The Balaban J connectivity index is 2.01. The maximum atomic E-state index is 12.4. The van der Waals surface area contributed by atoms with Crippen molar-refractivity contribution in [2.45, 2.75) is 12.0 Å². The topological polar surface area (TPSA) is 52.3 Å². The molecule has 1 aliphatic heterocycles. The van der Waals surface area contributed by atoms with E-state index in [9.17, 15) is 4.79 Å². The predicted molar refractivity (Wildman–Crippen MR) is 70.6 cm³/mol. The largest absolute Gasteiger partial charge is 0.379 e. The first-order chi connectivity index (χ1) is 8.69. The molecule has 1 unspecified atom stereocenters. The van der Waals surface area contributed by atoms with Gasteiger partial charge in [0.1, 0.15) is 5.54 Å². The molecule has 1 aliphatic rings. The van der Waals surface area contributed by atoms with Crippen LogP contribution in [0.5, 0.6) is 0 Å². The molecule has 0 aromatic heterocycles. The van der Waals surface area contributed by atoms with E-state index in [0.29, 0.717) is 25.2 Å². The van der Waals surface area contributed by atoms with Crippen molar-refractivity contribution in [1.29, 1.82) is 0 Å². The fraction of sp³-hybridized carbons (Fsp3) is 0.267. The van der Waals surface area contributed by atoms with Crippen LogP contribution in [0.4, 0.5) is 0 Å². The van der Waals surface area contributed by atoms with Gasteiger partial charge in [-0.1, -0.05) is 36.4 Å². The zero-order chi connectivity index (χ0) is 12.6. The average molecular weight is 241 g/mol. The molecule has 1 fully saturated rings. The number of ether oxygens (including phenoxy) is 1. The fourth-order valence-electron chi connectivity index (χ4n) is 2.38. The number of rotatable bonds is 2. The maximum Gasteiger partial charge on any atom is 0.185 e. The zero-order valence-electron chi connectivity index (χ0n) is 10.1. The molecule has 2 aromatic carbocycles. The number of carbonyl (C=O) groups excluding carboxylic acids is 1. The Hall–Kier alpha value is -1.71. The van der Waals surface area contributed by atoms with Crippen molar-refractivity contribution in [2.75, 3.05) is 13.2 Å². The number of hydrogen-bond donors (Lipinski definition) is 1. The monoisotopic (exact) mass is 241 g/mol. The Morgan fingerprint density at radius 3 is 2.67 bits per heavy atom. The molecule has 92 valence electrons. The maximum absolute atomic E-state index is 12.4. The molecule has 0 saturated carbocycles. The van der Waals surface area contributed by atoms with Crippen LogP contribution in [0.1, 0.15) is 16.8 Å². The second kappa shape index (κ2) is 4.19. The van der Waals surface area contributed by atoms with E-state index < -0.39 is 5.54 Å². The number of nitrogens with two attached hydrogens (primary N) is 1. The van der Waals surface area contributed by atoms with Gasteiger partial charge in [0.25, 0.3) is 0 Å². The van der Waals surface area contributed by atoms with Crippen molar-refractivity contribution >= 4 is 16.6 Å². The summed E-state index contributed by atoms with van der Waals surface area (Å²) in [6.45, 7) is 0.883. The molecule has 0 aliphatic carbocycles. The molecule has 3 heteroatoms. The Morgan fingerprint density at radius 2 is 1.94 bits per heavy atom. The first-order valence-electron chi connectivity index (χ1n) is 6.09. The van der Waals surface area contributed by atoms with Gasteiger partial charge in [0.2, 0.25) is 0 Å². The first kappa shape index (κ1) is 11.4. The highest BCUT2D eigenvalue weighted by atomic mass is 16.5. The summed E-state index contributed by atoms with van der Waals surface area (Å²) in [5, 5.41) is 2.19. The molecule has 3 nitrogen and oxygen atoms in total. The summed E-state index contributed by atoms with van der Waals surface area (Å²) >= 11 is 0. The molecule has 0 radical (unpaired) electrons. The third-order valence-electron chi connectivity index (χ3n) is 3.52. The van der Waals surface area contributed by atoms with E-state index in [1.807, 2.05) is 42.5 Å². The van der Waals surface area contributed by atoms with Gasteiger partial charge >= 0.3 is 0 Å². The lowest BCUT2D eigenvalue weighted by atomic mass is 9.89. The summed E-state index contributed by atoms with van der Waals surface area (Å²) in [4.78, 5) is 12.4. The lowest BCUT2D eigenvalue weighted by molar-refractivity contribution is 0.0863. The van der Waals surface area contributed by atoms with Gasteiger partial charge in [-0.05, 0) is 23.3 Å². The van der Waals surface area contributed by atoms with Crippen LogP contribution in [0.25, 0.3) is 10.8 Å². The Morgan fingerprint density at radius 1 is 1.17 bits per heavy atom. The van der Waals surface area contributed by atoms with E-state index in [-0.39, 0.29) is 5.78 Å². The van der Waals surface area contributed by atoms with Crippen LogP contribution < -0.4 is 5.73 Å². The summed E-state index contributed by atoms with van der Waals surface area (Å²) in [6.07, 6.45) is 0.596. The summed E-state index contributed by atoms with van der Waals surface area (Å²) in [6, 6.07) is 13.7. The minimum Gasteiger partial charge on any atom is -0.379 e. The van der Waals surface area contributed by atoms with Gasteiger partial charge in [-0.2, -0.15) is 0 Å². The lowest BCUT2D eigenvalue weighted by Crippen LogP contribution is -2.48. The quantitative estimate of drug-likeness (QED) is 0.819. The van der Waals surface area contributed by atoms with Crippen LogP contribution >= 0.6 is 0 Å². The van der Waals surface area contributed by atoms with Crippen LogP contribution in [0, 0.1) is 0 Å². The molecule has 2 aromatic rings. The Kier molecular flexibility index (Phi) is 2.65. The summed E-state index contributed by atoms with van der Waals surface area (Å²) in [7, 11) is 0. The second-order valence-electron chi connectivity index (χ2n) is 4.85. The lowest BCUT2D eigenvalue weighted by Gasteiger charge is -2.20. The van der Waals surface area contributed by atoms with Crippen molar-refractivity contribution in [2.24, 2.45) is 5.73 Å². The summed E-state index contributed by atoms with van der Waals surface area (Å²) < 4.78 is 5.24. The van der Waals surface area contributed by atoms with Gasteiger partial charge in [0.05, 0.1) is 6.61 Å². The van der Waals surface area contributed by atoms with Crippen molar-refractivity contribution in [1.82, 2.24) is 0 Å². The van der Waals surface area contributed by atoms with Crippen LogP contribution in [0.15, 0.2) is 42.5 Å². The summed E-state index contributed by atoms with van der Waals surface area (Å²) in [5.74, 6) is -0.0225. The minimum absolute atomic E-state index is 0.0225. The molecule has 0 spiro atoms. The molecular weight excluding hydrogens is 226 g/mol. The van der Waals surface area contributed by atoms with Gasteiger partial charge in [-0.25, -0.2) is 0 Å². The highest BCUT2D eigenvalue weighted by Crippen LogP contribution is 2.23. The van der Waals surface area contributed by atoms with Gasteiger partial charge in [-0.3, -0.25) is 4.79 Å². The molecule has 0 amide bonds. The number of fused-ring (bicyclic) bond motifs is 1. The van der Waals surface area contributed by atoms with E-state index in [2.05, 4.69) is 0 Å². The van der Waals surface area contributed by atoms with Crippen LogP contribution in [-0.4, -0.2) is 24.5 Å². The Bertz CT molecular complexity index is 600. The molecule has 2 N–H and O–H groups in total. The molecule has 0 bridgehead atoms. The van der Waals surface area contributed by atoms with Gasteiger partial charge in [0.15, 0.2) is 5.78 Å². The third-order valence-corrected chi connectivity index (χ3v) is 3.52. The molecule has 1 saturated heterocycles. The van der Waals surface area contributed by atoms with E-state index >= 15 is 0 Å². The van der Waals surface area contributed by atoms with Crippen molar-refractivity contribution in [3.8, 4) is 0 Å². The highest BCUT2D eigenvalue weighted by molar-refractivity contribution is 6.05. The zero-order valence-corrected chi connectivity index (χ0v) is 10.1. The predicted octanol–water partition coefficient (Wildman–Crippen LogP) is 2.14. The van der Waals surface area contributed by atoms with Crippen LogP contribution in [0.2, 0.25) is 0 Å². The second-order valence-corrected chi connectivity index (χ2v) is 4.85. The van der Waals surface area contributed by atoms with Gasteiger partial charge in [0, 0.05) is 12.2 Å². The number of Topliss-reactive ketones (excluding diaryl/α,β-unsaturated/α-hetero) is 1. The number of benzene rings is 2. The Labute approximate surface area is 106 Å². The molecule has 1 heterocycles. The minimum atomic E-state index is -0.845. The number of carbonyl (C=O) groups is 1. The van der Waals surface area contributed by atoms with Gasteiger partial charge in [-0.15, -0.1) is 0 Å². The standard InChI is InChI=1S/C15H15NO2/c16-15(7-8-18-10-15)14(17)13-6-5-11-3-1-2-4-12(11)9-13/h1-6,9H,7-8,10,16H2. The first-order valence-corrected chi connectivity index (χ1v) is 6.09. The smallest absolute Gasteiger partial charge is 0.185 e. The normalized spacial score (nSPS) is 23.4. The van der Waals surface area contributed by atoms with E-state index in [0.717, 1.165) is 10.8 Å². The molecule has 1 atom stereocenters. The molecule has 18 heavy (non-hydrogen) atoms. The van der Waals surface area contributed by atoms with Crippen molar-refractivity contribution in [3.05, 3.63) is 48.0 Å². The van der Waals surface area contributed by atoms with Crippen molar-refractivity contribution in [3.63, 3.8) is 0 Å². The van der Waals surface area contributed by atoms with Gasteiger partial charge < -0.3 is 10.5 Å². The average Bonchev–Trinajstić information content (AvgIpc) is 2.85. The SMILES string of the molecule is NC1(C(=O)c2ccc3ccccc3c2)CCOC1. The van der Waals surface area contributed by atoms with Crippen molar-refractivity contribution < 1.29 is 9.53 Å². The highest BCUT2D eigenvalue weighted by Gasteiger charge is 2.38. The van der Waals surface area contributed by atoms with Crippen LogP contribution in [0.3, 0.4) is 0 Å². The van der Waals surface area contributed by atoms with E-state index in [1.165, 1.54) is 0 Å². The molecule has 3 rings (SSSR count). The third kappa shape index (κ3) is 1.82.